The first-order chi connectivity index (χ1) is 6.92. The molecule has 1 aliphatic heterocycles. The molecule has 1 aliphatic rings. The highest BCUT2D eigenvalue weighted by Crippen LogP contribution is 2.40. The molecule has 0 spiro atoms. The molecule has 1 N–H and O–H groups in total. The van der Waals surface area contributed by atoms with Gasteiger partial charge in [0, 0.05) is 10.6 Å². The Kier molecular flexibility index (Phi) is 3.49. The third kappa shape index (κ3) is 2.12. The Morgan fingerprint density at radius 3 is 3.14 bits per heavy atom. The highest BCUT2D eigenvalue weighted by Gasteiger charge is 2.21. The van der Waals surface area contributed by atoms with Gasteiger partial charge in [-0.3, -0.25) is 0 Å². The maximum absolute atomic E-state index is 3.40. The summed E-state index contributed by atoms with van der Waals surface area (Å²) in [5, 5.41) is 3.40. The third-order valence-electron chi connectivity index (χ3n) is 2.72. The molecule has 14 heavy (non-hydrogen) atoms. The van der Waals surface area contributed by atoms with Gasteiger partial charge in [0.1, 0.15) is 0 Å². The molecule has 0 aromatic heterocycles. The number of rotatable bonds is 4. The molecule has 1 aromatic carbocycles. The lowest BCUT2D eigenvalue weighted by molar-refractivity contribution is 0.615. The summed E-state index contributed by atoms with van der Waals surface area (Å²) < 4.78 is 0. The molecule has 76 valence electrons. The van der Waals surface area contributed by atoms with Crippen LogP contribution in [0.1, 0.15) is 24.8 Å². The molecule has 1 aromatic rings. The fourth-order valence-corrected chi connectivity index (χ4v) is 3.22. The molecular weight excluding hydrogens is 190 g/mol. The van der Waals surface area contributed by atoms with Crippen molar-refractivity contribution in [3.63, 3.8) is 0 Å². The normalized spacial score (nSPS) is 19.6. The first kappa shape index (κ1) is 10.1. The lowest BCUT2D eigenvalue weighted by atomic mass is 9.98. The van der Waals surface area contributed by atoms with E-state index in [4.69, 9.17) is 0 Å². The summed E-state index contributed by atoms with van der Waals surface area (Å²) in [6.45, 7) is 4.40. The van der Waals surface area contributed by atoms with Gasteiger partial charge in [-0.05, 0) is 37.1 Å². The minimum Gasteiger partial charge on any atom is -0.317 e. The standard InChI is InChI=1S/C12H17NS/c1-2-13-8-7-10-9-14-12-6-4-3-5-11(10)12/h3-6,10,13H,2,7-9H2,1H3. The summed E-state index contributed by atoms with van der Waals surface area (Å²) in [5.74, 6) is 2.04. The maximum Gasteiger partial charge on any atom is 0.0107 e. The van der Waals surface area contributed by atoms with Gasteiger partial charge in [0.05, 0.1) is 0 Å². The molecule has 1 nitrogen and oxygen atoms in total. The Morgan fingerprint density at radius 1 is 1.43 bits per heavy atom. The summed E-state index contributed by atoms with van der Waals surface area (Å²) in [7, 11) is 0. The monoisotopic (exact) mass is 207 g/mol. The smallest absolute Gasteiger partial charge is 0.0107 e. The van der Waals surface area contributed by atoms with Crippen molar-refractivity contribution in [1.29, 1.82) is 0 Å². The van der Waals surface area contributed by atoms with Gasteiger partial charge in [-0.15, -0.1) is 11.8 Å². The van der Waals surface area contributed by atoms with Crippen molar-refractivity contribution < 1.29 is 0 Å². The van der Waals surface area contributed by atoms with E-state index < -0.39 is 0 Å². The van der Waals surface area contributed by atoms with Crippen LogP contribution in [0.15, 0.2) is 29.2 Å². The molecule has 2 heteroatoms. The van der Waals surface area contributed by atoms with E-state index in [2.05, 4.69) is 36.5 Å². The lowest BCUT2D eigenvalue weighted by Gasteiger charge is -2.10. The summed E-state index contributed by atoms with van der Waals surface area (Å²) in [5.41, 5.74) is 1.57. The van der Waals surface area contributed by atoms with Gasteiger partial charge in [0.25, 0.3) is 0 Å². The number of hydrogen-bond acceptors (Lipinski definition) is 2. The second-order valence-corrected chi connectivity index (χ2v) is 4.75. The van der Waals surface area contributed by atoms with Crippen LogP contribution in [0.25, 0.3) is 0 Å². The Balaban J connectivity index is 1.96. The van der Waals surface area contributed by atoms with Crippen LogP contribution in [0.5, 0.6) is 0 Å². The second-order valence-electron chi connectivity index (χ2n) is 3.69. The van der Waals surface area contributed by atoms with Gasteiger partial charge < -0.3 is 5.32 Å². The van der Waals surface area contributed by atoms with Gasteiger partial charge in [0.15, 0.2) is 0 Å². The molecule has 0 fully saturated rings. The lowest BCUT2D eigenvalue weighted by Crippen LogP contribution is -2.16. The SMILES string of the molecule is CCNCCC1CSc2ccccc21. The fourth-order valence-electron chi connectivity index (χ4n) is 1.92. The molecular formula is C12H17NS. The first-order valence-electron chi connectivity index (χ1n) is 5.34. The Labute approximate surface area is 90.3 Å². The fraction of sp³-hybridized carbons (Fsp3) is 0.500. The highest BCUT2D eigenvalue weighted by molar-refractivity contribution is 7.99. The minimum absolute atomic E-state index is 0.773. The molecule has 2 rings (SSSR count). The van der Waals surface area contributed by atoms with Crippen molar-refractivity contribution in [2.45, 2.75) is 24.2 Å². The van der Waals surface area contributed by atoms with E-state index in [1.807, 2.05) is 11.8 Å². The molecule has 0 saturated heterocycles. The average Bonchev–Trinajstić information content (AvgIpc) is 2.63. The predicted octanol–water partition coefficient (Wildman–Crippen LogP) is 2.88. The molecule has 0 amide bonds. The zero-order valence-electron chi connectivity index (χ0n) is 8.62. The molecule has 0 bridgehead atoms. The summed E-state index contributed by atoms with van der Waals surface area (Å²) >= 11 is 2.01. The van der Waals surface area contributed by atoms with Crippen molar-refractivity contribution in [1.82, 2.24) is 5.32 Å². The minimum atomic E-state index is 0.773. The first-order valence-corrected chi connectivity index (χ1v) is 6.33. The third-order valence-corrected chi connectivity index (χ3v) is 3.97. The van der Waals surface area contributed by atoms with E-state index in [1.165, 1.54) is 17.1 Å². The van der Waals surface area contributed by atoms with E-state index in [0.29, 0.717) is 0 Å². The van der Waals surface area contributed by atoms with E-state index in [-0.39, 0.29) is 0 Å². The Morgan fingerprint density at radius 2 is 2.29 bits per heavy atom. The van der Waals surface area contributed by atoms with E-state index in [1.54, 1.807) is 5.56 Å². The number of benzene rings is 1. The summed E-state index contributed by atoms with van der Waals surface area (Å²) in [6, 6.07) is 8.82. The molecule has 1 unspecified atom stereocenters. The zero-order chi connectivity index (χ0) is 9.80. The van der Waals surface area contributed by atoms with Gasteiger partial charge >= 0.3 is 0 Å². The van der Waals surface area contributed by atoms with Crippen molar-refractivity contribution >= 4 is 11.8 Å². The van der Waals surface area contributed by atoms with Crippen molar-refractivity contribution in [2.24, 2.45) is 0 Å². The van der Waals surface area contributed by atoms with Gasteiger partial charge in [0.2, 0.25) is 0 Å². The highest BCUT2D eigenvalue weighted by atomic mass is 32.2. The largest absolute Gasteiger partial charge is 0.317 e. The van der Waals surface area contributed by atoms with Crippen LogP contribution in [-0.4, -0.2) is 18.8 Å². The topological polar surface area (TPSA) is 12.0 Å². The van der Waals surface area contributed by atoms with Gasteiger partial charge in [-0.1, -0.05) is 25.1 Å². The molecule has 0 radical (unpaired) electrons. The van der Waals surface area contributed by atoms with Crippen molar-refractivity contribution in [2.75, 3.05) is 18.8 Å². The summed E-state index contributed by atoms with van der Waals surface area (Å²) in [6.07, 6.45) is 1.28. The van der Waals surface area contributed by atoms with Crippen molar-refractivity contribution in [3.8, 4) is 0 Å². The van der Waals surface area contributed by atoms with Crippen LogP contribution in [0, 0.1) is 0 Å². The number of nitrogens with one attached hydrogen (secondary N) is 1. The molecule has 1 heterocycles. The van der Waals surface area contributed by atoms with Crippen LogP contribution in [0.2, 0.25) is 0 Å². The van der Waals surface area contributed by atoms with E-state index in [0.717, 1.165) is 19.0 Å². The molecule has 1 atom stereocenters. The number of fused-ring (bicyclic) bond motifs is 1. The van der Waals surface area contributed by atoms with E-state index in [9.17, 15) is 0 Å². The molecule has 0 aliphatic carbocycles. The van der Waals surface area contributed by atoms with Gasteiger partial charge in [-0.2, -0.15) is 0 Å². The summed E-state index contributed by atoms with van der Waals surface area (Å²) in [4.78, 5) is 1.49. The van der Waals surface area contributed by atoms with E-state index >= 15 is 0 Å². The van der Waals surface area contributed by atoms with Crippen LogP contribution < -0.4 is 5.32 Å². The average molecular weight is 207 g/mol. The quantitative estimate of drug-likeness (QED) is 0.762. The molecule has 0 saturated carbocycles. The predicted molar refractivity (Wildman–Crippen MR) is 63.1 cm³/mol. The van der Waals surface area contributed by atoms with Crippen LogP contribution in [0.4, 0.5) is 0 Å². The maximum atomic E-state index is 3.40. The Bertz CT molecular complexity index is 298. The van der Waals surface area contributed by atoms with Gasteiger partial charge in [-0.25, -0.2) is 0 Å². The number of thioether (sulfide) groups is 1. The van der Waals surface area contributed by atoms with Crippen LogP contribution in [-0.2, 0) is 0 Å². The van der Waals surface area contributed by atoms with Crippen molar-refractivity contribution in [3.05, 3.63) is 29.8 Å². The van der Waals surface area contributed by atoms with Crippen LogP contribution in [0.3, 0.4) is 0 Å². The second kappa shape index (κ2) is 4.85. The van der Waals surface area contributed by atoms with Crippen LogP contribution >= 0.6 is 11.8 Å². The Hall–Kier alpha value is -0.470. The number of hydrogen-bond donors (Lipinski definition) is 1. The zero-order valence-corrected chi connectivity index (χ0v) is 9.44.